The second-order valence-corrected chi connectivity index (χ2v) is 6.28. The smallest absolute Gasteiger partial charge is 0.0736 e. The summed E-state index contributed by atoms with van der Waals surface area (Å²) in [5.41, 5.74) is 1.29. The number of aromatic nitrogens is 1. The van der Waals surface area contributed by atoms with Gasteiger partial charge in [-0.05, 0) is 43.7 Å². The molecule has 0 radical (unpaired) electrons. The van der Waals surface area contributed by atoms with E-state index >= 15 is 0 Å². The van der Waals surface area contributed by atoms with Gasteiger partial charge in [0.2, 0.25) is 0 Å². The van der Waals surface area contributed by atoms with Crippen LogP contribution >= 0.6 is 0 Å². The van der Waals surface area contributed by atoms with Crippen LogP contribution in [-0.4, -0.2) is 48.9 Å². The Morgan fingerprint density at radius 2 is 2.24 bits per heavy atom. The summed E-state index contributed by atoms with van der Waals surface area (Å²) < 4.78 is 11.5. The molecule has 0 N–H and O–H groups in total. The van der Waals surface area contributed by atoms with Crippen molar-refractivity contribution in [1.82, 2.24) is 9.88 Å². The first-order valence-corrected chi connectivity index (χ1v) is 8.07. The molecule has 116 valence electrons. The molecule has 21 heavy (non-hydrogen) atoms. The fraction of sp³-hybridized carbons (Fsp3) is 0.706. The second-order valence-electron chi connectivity index (χ2n) is 6.28. The van der Waals surface area contributed by atoms with E-state index in [2.05, 4.69) is 22.0 Å². The molecule has 0 bridgehead atoms. The lowest BCUT2D eigenvalue weighted by Gasteiger charge is -2.42. The number of nitrogens with zero attached hydrogens (tertiary/aromatic N) is 2. The highest BCUT2D eigenvalue weighted by Crippen LogP contribution is 2.42. The van der Waals surface area contributed by atoms with Gasteiger partial charge in [-0.25, -0.2) is 0 Å². The Morgan fingerprint density at radius 1 is 1.38 bits per heavy atom. The third-order valence-electron chi connectivity index (χ3n) is 5.08. The van der Waals surface area contributed by atoms with Crippen molar-refractivity contribution in [2.24, 2.45) is 5.92 Å². The Morgan fingerprint density at radius 3 is 2.95 bits per heavy atom. The zero-order valence-corrected chi connectivity index (χ0v) is 13.0. The van der Waals surface area contributed by atoms with Crippen molar-refractivity contribution >= 4 is 0 Å². The summed E-state index contributed by atoms with van der Waals surface area (Å²) >= 11 is 0. The molecule has 4 nitrogen and oxygen atoms in total. The number of likely N-dealkylation sites (tertiary alicyclic amines) is 1. The first kappa shape index (κ1) is 14.9. The number of hydrogen-bond donors (Lipinski definition) is 0. The number of rotatable bonds is 5. The van der Waals surface area contributed by atoms with Gasteiger partial charge >= 0.3 is 0 Å². The van der Waals surface area contributed by atoms with Gasteiger partial charge < -0.3 is 9.47 Å². The lowest BCUT2D eigenvalue weighted by atomic mass is 9.78. The summed E-state index contributed by atoms with van der Waals surface area (Å²) in [6, 6.07) is 6.15. The molecular formula is C17H26N2O2. The lowest BCUT2D eigenvalue weighted by molar-refractivity contribution is -0.0722. The molecule has 3 rings (SSSR count). The van der Waals surface area contributed by atoms with E-state index in [1.165, 1.54) is 6.42 Å². The fourth-order valence-electron chi connectivity index (χ4n) is 3.82. The van der Waals surface area contributed by atoms with Gasteiger partial charge in [0.25, 0.3) is 0 Å². The number of hydrogen-bond acceptors (Lipinski definition) is 4. The molecular weight excluding hydrogens is 264 g/mol. The molecule has 3 heterocycles. The van der Waals surface area contributed by atoms with E-state index in [1.807, 2.05) is 12.3 Å². The van der Waals surface area contributed by atoms with Crippen molar-refractivity contribution in [2.75, 3.05) is 33.4 Å². The van der Waals surface area contributed by atoms with Crippen LogP contribution in [0.15, 0.2) is 24.4 Å². The van der Waals surface area contributed by atoms with E-state index in [0.717, 1.165) is 57.8 Å². The molecule has 1 unspecified atom stereocenters. The van der Waals surface area contributed by atoms with E-state index in [-0.39, 0.29) is 5.60 Å². The molecule has 1 atom stereocenters. The SMILES string of the molecule is COCCC1CCOC12CCN(Cc1ccccn1)CC2. The summed E-state index contributed by atoms with van der Waals surface area (Å²) in [6.07, 6.45) is 6.50. The molecule has 2 fully saturated rings. The Kier molecular flexibility index (Phi) is 4.88. The van der Waals surface area contributed by atoms with E-state index in [4.69, 9.17) is 9.47 Å². The first-order chi connectivity index (χ1) is 10.3. The largest absolute Gasteiger partial charge is 0.385 e. The molecule has 2 saturated heterocycles. The quantitative estimate of drug-likeness (QED) is 0.834. The fourth-order valence-corrected chi connectivity index (χ4v) is 3.82. The Labute approximate surface area is 127 Å². The van der Waals surface area contributed by atoms with Crippen LogP contribution in [0.25, 0.3) is 0 Å². The Balaban J connectivity index is 1.54. The van der Waals surface area contributed by atoms with Crippen LogP contribution in [0.5, 0.6) is 0 Å². The molecule has 0 amide bonds. The van der Waals surface area contributed by atoms with Gasteiger partial charge in [-0.1, -0.05) is 6.07 Å². The zero-order valence-electron chi connectivity index (χ0n) is 13.0. The molecule has 1 aromatic heterocycles. The van der Waals surface area contributed by atoms with Gasteiger partial charge in [-0.2, -0.15) is 0 Å². The normalized spacial score (nSPS) is 25.5. The van der Waals surface area contributed by atoms with E-state index < -0.39 is 0 Å². The van der Waals surface area contributed by atoms with Gasteiger partial charge in [0.05, 0.1) is 11.3 Å². The minimum atomic E-state index is 0.124. The standard InChI is InChI=1S/C17H26N2O2/c1-20-12-5-15-6-13-21-17(15)7-10-19(11-8-17)14-16-4-2-3-9-18-16/h2-4,9,15H,5-8,10-14H2,1H3. The molecule has 0 aliphatic carbocycles. The third kappa shape index (κ3) is 3.44. The average Bonchev–Trinajstić information content (AvgIpc) is 2.91. The number of ether oxygens (including phenoxy) is 2. The molecule has 1 spiro atoms. The van der Waals surface area contributed by atoms with Gasteiger partial charge in [-0.15, -0.1) is 0 Å². The molecule has 2 aliphatic rings. The van der Waals surface area contributed by atoms with Crippen molar-refractivity contribution in [1.29, 1.82) is 0 Å². The first-order valence-electron chi connectivity index (χ1n) is 8.07. The molecule has 0 saturated carbocycles. The number of methoxy groups -OCH3 is 1. The average molecular weight is 290 g/mol. The topological polar surface area (TPSA) is 34.6 Å². The number of pyridine rings is 1. The molecule has 2 aliphatic heterocycles. The van der Waals surface area contributed by atoms with Crippen molar-refractivity contribution in [3.8, 4) is 0 Å². The van der Waals surface area contributed by atoms with Crippen molar-refractivity contribution in [3.63, 3.8) is 0 Å². The summed E-state index contributed by atoms with van der Waals surface area (Å²) in [5.74, 6) is 0.675. The lowest BCUT2D eigenvalue weighted by Crippen LogP contribution is -2.47. The predicted molar refractivity (Wildman–Crippen MR) is 82.0 cm³/mol. The minimum absolute atomic E-state index is 0.124. The van der Waals surface area contributed by atoms with Crippen molar-refractivity contribution < 1.29 is 9.47 Å². The third-order valence-corrected chi connectivity index (χ3v) is 5.08. The van der Waals surface area contributed by atoms with Gasteiger partial charge in [-0.3, -0.25) is 9.88 Å². The van der Waals surface area contributed by atoms with Gasteiger partial charge in [0.1, 0.15) is 0 Å². The maximum Gasteiger partial charge on any atom is 0.0736 e. The summed E-state index contributed by atoms with van der Waals surface area (Å²) in [6.45, 7) is 4.96. The Bertz CT molecular complexity index is 430. The second kappa shape index (κ2) is 6.86. The summed E-state index contributed by atoms with van der Waals surface area (Å²) in [4.78, 5) is 6.93. The van der Waals surface area contributed by atoms with Gasteiger partial charge in [0, 0.05) is 46.2 Å². The molecule has 0 aromatic carbocycles. The van der Waals surface area contributed by atoms with E-state index in [0.29, 0.717) is 5.92 Å². The van der Waals surface area contributed by atoms with Crippen LogP contribution < -0.4 is 0 Å². The van der Waals surface area contributed by atoms with Crippen molar-refractivity contribution in [3.05, 3.63) is 30.1 Å². The van der Waals surface area contributed by atoms with Crippen molar-refractivity contribution in [2.45, 2.75) is 37.8 Å². The zero-order chi connectivity index (χ0) is 14.5. The summed E-state index contributed by atoms with van der Waals surface area (Å²) in [5, 5.41) is 0. The van der Waals surface area contributed by atoms with Crippen LogP contribution in [0.3, 0.4) is 0 Å². The van der Waals surface area contributed by atoms with Crippen LogP contribution in [-0.2, 0) is 16.0 Å². The van der Waals surface area contributed by atoms with Gasteiger partial charge in [0.15, 0.2) is 0 Å². The monoisotopic (exact) mass is 290 g/mol. The highest BCUT2D eigenvalue weighted by atomic mass is 16.5. The van der Waals surface area contributed by atoms with Crippen LogP contribution in [0.2, 0.25) is 0 Å². The minimum Gasteiger partial charge on any atom is -0.385 e. The van der Waals surface area contributed by atoms with Crippen LogP contribution in [0, 0.1) is 5.92 Å². The van der Waals surface area contributed by atoms with Crippen LogP contribution in [0.4, 0.5) is 0 Å². The maximum absolute atomic E-state index is 6.19. The van der Waals surface area contributed by atoms with E-state index in [9.17, 15) is 0 Å². The summed E-state index contributed by atoms with van der Waals surface area (Å²) in [7, 11) is 1.79. The highest BCUT2D eigenvalue weighted by molar-refractivity contribution is 5.04. The Hall–Kier alpha value is -0.970. The highest BCUT2D eigenvalue weighted by Gasteiger charge is 2.45. The predicted octanol–water partition coefficient (Wildman–Crippen LogP) is 2.49. The van der Waals surface area contributed by atoms with E-state index in [1.54, 1.807) is 7.11 Å². The molecule has 1 aromatic rings. The maximum atomic E-state index is 6.19. The number of piperidine rings is 1. The molecule has 4 heteroatoms. The van der Waals surface area contributed by atoms with Crippen LogP contribution in [0.1, 0.15) is 31.4 Å².